The van der Waals surface area contributed by atoms with Gasteiger partial charge in [0, 0.05) is 6.20 Å². The molecule has 1 aliphatic heterocycles. The van der Waals surface area contributed by atoms with Crippen molar-refractivity contribution in [2.24, 2.45) is 4.99 Å². The molecule has 0 aliphatic carbocycles. The van der Waals surface area contributed by atoms with Crippen LogP contribution in [0.15, 0.2) is 40.6 Å². The van der Waals surface area contributed by atoms with E-state index < -0.39 is 9.84 Å². The molecular weight excluding hydrogens is 228 g/mol. The van der Waals surface area contributed by atoms with Gasteiger partial charge in [-0.05, 0) is 19.1 Å². The Balaban J connectivity index is 2.04. The lowest BCUT2D eigenvalue weighted by molar-refractivity contribution is 0.350. The van der Waals surface area contributed by atoms with Gasteiger partial charge in [0.2, 0.25) is 9.84 Å². The van der Waals surface area contributed by atoms with Gasteiger partial charge in [0.05, 0.1) is 17.3 Å². The van der Waals surface area contributed by atoms with E-state index >= 15 is 0 Å². The van der Waals surface area contributed by atoms with E-state index in [9.17, 15) is 8.42 Å². The second kappa shape index (κ2) is 4.05. The summed E-state index contributed by atoms with van der Waals surface area (Å²) in [5.74, 6) is 0.584. The molecule has 2 heterocycles. The lowest BCUT2D eigenvalue weighted by Gasteiger charge is -2.02. The van der Waals surface area contributed by atoms with Crippen molar-refractivity contribution in [2.45, 2.75) is 6.92 Å². The fourth-order valence-electron chi connectivity index (χ4n) is 1.21. The molecule has 6 heteroatoms. The smallest absolute Gasteiger partial charge is 0.214 e. The third-order valence-electron chi connectivity index (χ3n) is 2.03. The molecule has 5 nitrogen and oxygen atoms in total. The zero-order valence-electron chi connectivity index (χ0n) is 8.62. The van der Waals surface area contributed by atoms with Crippen LogP contribution in [0.5, 0.6) is 5.75 Å². The minimum Gasteiger partial charge on any atom is -0.486 e. The number of aromatic nitrogens is 1. The molecular formula is C10H10N2O3S. The minimum atomic E-state index is -3.29. The average Bonchev–Trinajstić information content (AvgIpc) is 2.52. The van der Waals surface area contributed by atoms with Crippen LogP contribution in [-0.4, -0.2) is 25.1 Å². The third kappa shape index (κ3) is 2.27. The van der Waals surface area contributed by atoms with Gasteiger partial charge >= 0.3 is 0 Å². The highest BCUT2D eigenvalue weighted by molar-refractivity contribution is 8.09. The van der Waals surface area contributed by atoms with E-state index in [2.05, 4.69) is 9.98 Å². The summed E-state index contributed by atoms with van der Waals surface area (Å²) in [7, 11) is -3.29. The molecule has 0 amide bonds. The third-order valence-corrected chi connectivity index (χ3v) is 3.52. The number of hydrogen-bond donors (Lipinski definition) is 0. The summed E-state index contributed by atoms with van der Waals surface area (Å²) < 4.78 is 27.9. The molecule has 0 atom stereocenters. The van der Waals surface area contributed by atoms with E-state index in [0.29, 0.717) is 11.4 Å². The first-order valence-electron chi connectivity index (χ1n) is 4.62. The number of sulfone groups is 1. The molecule has 16 heavy (non-hydrogen) atoms. The average molecular weight is 238 g/mol. The fourth-order valence-corrected chi connectivity index (χ4v) is 2.11. The molecule has 0 aromatic carbocycles. The van der Waals surface area contributed by atoms with Crippen LogP contribution >= 0.6 is 0 Å². The van der Waals surface area contributed by atoms with Crippen LogP contribution in [0.3, 0.4) is 0 Å². The zero-order valence-corrected chi connectivity index (χ0v) is 9.44. The fraction of sp³-hybridized carbons (Fsp3) is 0.200. The highest BCUT2D eigenvalue weighted by Crippen LogP contribution is 2.16. The summed E-state index contributed by atoms with van der Waals surface area (Å²) in [6.07, 6.45) is 3.19. The lowest BCUT2D eigenvalue weighted by Crippen LogP contribution is -2.01. The molecule has 2 rings (SSSR count). The number of nitrogens with zero attached hydrogens (tertiary/aromatic N) is 2. The predicted molar refractivity (Wildman–Crippen MR) is 59.8 cm³/mol. The van der Waals surface area contributed by atoms with Gasteiger partial charge in [-0.25, -0.2) is 13.4 Å². The minimum absolute atomic E-state index is 0.109. The van der Waals surface area contributed by atoms with E-state index in [-0.39, 0.29) is 11.7 Å². The SMILES string of the molecule is CC1=NC(COc2cccnc2)=CS1(=O)=O. The van der Waals surface area contributed by atoms with Gasteiger partial charge in [0.15, 0.2) is 0 Å². The summed E-state index contributed by atoms with van der Waals surface area (Å²) in [4.78, 5) is 7.78. The van der Waals surface area contributed by atoms with Crippen molar-refractivity contribution in [1.29, 1.82) is 0 Å². The molecule has 1 aromatic rings. The maximum Gasteiger partial charge on any atom is 0.214 e. The molecule has 84 valence electrons. The van der Waals surface area contributed by atoms with E-state index in [0.717, 1.165) is 5.41 Å². The highest BCUT2D eigenvalue weighted by atomic mass is 32.2. The van der Waals surface area contributed by atoms with Gasteiger partial charge in [-0.1, -0.05) is 0 Å². The van der Waals surface area contributed by atoms with Gasteiger partial charge in [-0.3, -0.25) is 4.98 Å². The summed E-state index contributed by atoms with van der Waals surface area (Å²) in [6, 6.07) is 3.48. The number of pyridine rings is 1. The van der Waals surface area contributed by atoms with E-state index in [1.165, 1.54) is 6.92 Å². The van der Waals surface area contributed by atoms with Gasteiger partial charge in [0.1, 0.15) is 17.4 Å². The lowest BCUT2D eigenvalue weighted by atomic mass is 10.4. The monoisotopic (exact) mass is 238 g/mol. The predicted octanol–water partition coefficient (Wildman–Crippen LogP) is 1.15. The van der Waals surface area contributed by atoms with Crippen molar-refractivity contribution >= 4 is 14.9 Å². The van der Waals surface area contributed by atoms with Crippen LogP contribution in [0.4, 0.5) is 0 Å². The molecule has 0 unspecified atom stereocenters. The zero-order chi connectivity index (χ0) is 11.6. The Morgan fingerprint density at radius 1 is 1.44 bits per heavy atom. The largest absolute Gasteiger partial charge is 0.486 e. The topological polar surface area (TPSA) is 68.6 Å². The molecule has 0 bridgehead atoms. The van der Waals surface area contributed by atoms with Crippen molar-refractivity contribution in [3.8, 4) is 5.75 Å². The molecule has 0 saturated heterocycles. The number of ether oxygens (including phenoxy) is 1. The molecule has 0 radical (unpaired) electrons. The van der Waals surface area contributed by atoms with Crippen LogP contribution in [0, 0.1) is 0 Å². The van der Waals surface area contributed by atoms with Gasteiger partial charge in [0.25, 0.3) is 0 Å². The molecule has 0 fully saturated rings. The van der Waals surface area contributed by atoms with E-state index in [4.69, 9.17) is 4.74 Å². The molecule has 0 spiro atoms. The van der Waals surface area contributed by atoms with Crippen molar-refractivity contribution < 1.29 is 13.2 Å². The van der Waals surface area contributed by atoms with Crippen LogP contribution in [0.1, 0.15) is 6.92 Å². The summed E-state index contributed by atoms with van der Waals surface area (Å²) in [5.41, 5.74) is 0.404. The second-order valence-electron chi connectivity index (χ2n) is 3.26. The van der Waals surface area contributed by atoms with Crippen LogP contribution in [0.25, 0.3) is 0 Å². The summed E-state index contributed by atoms with van der Waals surface area (Å²) in [6.45, 7) is 1.59. The Morgan fingerprint density at radius 3 is 2.81 bits per heavy atom. The Labute approximate surface area is 93.4 Å². The number of aliphatic imine (C=N–C) groups is 1. The van der Waals surface area contributed by atoms with Crippen molar-refractivity contribution in [3.63, 3.8) is 0 Å². The van der Waals surface area contributed by atoms with E-state index in [1.54, 1.807) is 24.5 Å². The first-order chi connectivity index (χ1) is 7.58. The molecule has 0 saturated carbocycles. The Hall–Kier alpha value is -1.69. The number of rotatable bonds is 3. The molecule has 0 N–H and O–H groups in total. The first kappa shape index (κ1) is 10.8. The van der Waals surface area contributed by atoms with Crippen molar-refractivity contribution in [1.82, 2.24) is 4.98 Å². The van der Waals surface area contributed by atoms with E-state index in [1.807, 2.05) is 0 Å². The van der Waals surface area contributed by atoms with Gasteiger partial charge in [-0.15, -0.1) is 0 Å². The second-order valence-corrected chi connectivity index (χ2v) is 5.18. The maximum absolute atomic E-state index is 11.3. The van der Waals surface area contributed by atoms with Crippen LogP contribution < -0.4 is 4.74 Å². The summed E-state index contributed by atoms with van der Waals surface area (Å²) in [5, 5.41) is 1.23. The van der Waals surface area contributed by atoms with Gasteiger partial charge < -0.3 is 4.74 Å². The Kier molecular flexibility index (Phi) is 2.74. The standard InChI is InChI=1S/C10H10N2O3S/c1-8-12-9(7-16(8,13)14)6-15-10-3-2-4-11-5-10/h2-5,7H,6H2,1H3. The summed E-state index contributed by atoms with van der Waals surface area (Å²) >= 11 is 0. The normalized spacial score (nSPS) is 17.8. The Morgan fingerprint density at radius 2 is 2.25 bits per heavy atom. The number of hydrogen-bond acceptors (Lipinski definition) is 5. The Bertz CT molecular complexity index is 547. The molecule has 1 aliphatic rings. The maximum atomic E-state index is 11.3. The molecule has 1 aromatic heterocycles. The van der Waals surface area contributed by atoms with Crippen LogP contribution in [-0.2, 0) is 9.84 Å². The first-order valence-corrected chi connectivity index (χ1v) is 6.16. The highest BCUT2D eigenvalue weighted by Gasteiger charge is 2.20. The van der Waals surface area contributed by atoms with Crippen molar-refractivity contribution in [3.05, 3.63) is 35.6 Å². The van der Waals surface area contributed by atoms with Crippen LogP contribution in [0.2, 0.25) is 0 Å². The van der Waals surface area contributed by atoms with Crippen molar-refractivity contribution in [2.75, 3.05) is 6.61 Å². The quantitative estimate of drug-likeness (QED) is 0.792. The van der Waals surface area contributed by atoms with Gasteiger partial charge in [-0.2, -0.15) is 0 Å².